The van der Waals surface area contributed by atoms with Gasteiger partial charge >= 0.3 is 0 Å². The molecule has 0 aromatic heterocycles. The molecule has 1 N–H and O–H groups in total. The van der Waals surface area contributed by atoms with Gasteiger partial charge in [-0.25, -0.2) is 4.39 Å². The molecule has 5 rings (SSSR count). The van der Waals surface area contributed by atoms with Crippen molar-refractivity contribution in [1.82, 2.24) is 20.0 Å². The van der Waals surface area contributed by atoms with Crippen molar-refractivity contribution in [3.8, 4) is 12.3 Å². The number of nitrogens with zero attached hydrogens (tertiary/aromatic N) is 4. The molecule has 0 radical (unpaired) electrons. The fourth-order valence-corrected chi connectivity index (χ4v) is 7.53. The van der Waals surface area contributed by atoms with Gasteiger partial charge < -0.3 is 34.2 Å². The third kappa shape index (κ3) is 6.28. The number of amidine groups is 1. The fourth-order valence-electron chi connectivity index (χ4n) is 6.40. The molecule has 2 amide bonds. The largest absolute Gasteiger partial charge is 0.369 e. The van der Waals surface area contributed by atoms with Gasteiger partial charge in [0.15, 0.2) is 5.17 Å². The second-order valence-corrected chi connectivity index (χ2v) is 13.1. The number of carbonyl (C=O) groups excluding carboxylic acids is 2. The highest BCUT2D eigenvalue weighted by atomic mass is 32.2. The van der Waals surface area contributed by atoms with Crippen molar-refractivity contribution < 1.29 is 28.2 Å². The molecule has 5 atom stereocenters. The number of ether oxygens (including phenoxy) is 3. The number of halogens is 1. The predicted octanol–water partition coefficient (Wildman–Crippen LogP) is 2.21. The Morgan fingerprint density at radius 1 is 1.26 bits per heavy atom. The Morgan fingerprint density at radius 2 is 1.98 bits per heavy atom. The second kappa shape index (κ2) is 13.1. The molecule has 0 bridgehead atoms. The van der Waals surface area contributed by atoms with Crippen LogP contribution < -0.4 is 5.32 Å². The molecule has 1 aromatic carbocycles. The number of likely N-dealkylation sites (N-methyl/N-ethyl adjacent to an activating group) is 1. The maximum Gasteiger partial charge on any atom is 0.252 e. The number of thioether (sulfide) groups is 1. The van der Waals surface area contributed by atoms with Crippen LogP contribution in [0, 0.1) is 30.0 Å². The van der Waals surface area contributed by atoms with Gasteiger partial charge in [-0.3, -0.25) is 14.6 Å². The highest BCUT2D eigenvalue weighted by molar-refractivity contribution is 8.14. The van der Waals surface area contributed by atoms with Crippen LogP contribution in [0.5, 0.6) is 0 Å². The molecule has 12 heteroatoms. The number of amides is 2. The van der Waals surface area contributed by atoms with Gasteiger partial charge in [0.25, 0.3) is 5.91 Å². The Kier molecular flexibility index (Phi) is 9.68. The third-order valence-corrected chi connectivity index (χ3v) is 10.00. The molecule has 4 aliphatic rings. The van der Waals surface area contributed by atoms with Crippen LogP contribution in [-0.2, 0) is 19.0 Å². The van der Waals surface area contributed by atoms with Crippen molar-refractivity contribution in [3.05, 3.63) is 35.1 Å². The van der Waals surface area contributed by atoms with Gasteiger partial charge in [0.1, 0.15) is 24.5 Å². The SMILES string of the molecule is C#C[C@@H]1CN(C(=O)[C@H](CC(C)C)NC(=O)c2ccc(C3CSC(N4CCN(C)CC4)=N3)c(F)c2)[C@H]2[C@@H]1OCC2(OC)OC. The second-order valence-electron chi connectivity index (χ2n) is 12.1. The first-order valence-corrected chi connectivity index (χ1v) is 15.8. The van der Waals surface area contributed by atoms with Crippen molar-refractivity contribution in [3.63, 3.8) is 0 Å². The van der Waals surface area contributed by atoms with E-state index in [1.807, 2.05) is 13.8 Å². The molecule has 3 saturated heterocycles. The van der Waals surface area contributed by atoms with Crippen LogP contribution in [0.2, 0.25) is 0 Å². The van der Waals surface area contributed by atoms with Crippen LogP contribution in [0.4, 0.5) is 4.39 Å². The van der Waals surface area contributed by atoms with E-state index in [1.165, 1.54) is 20.3 Å². The quantitative estimate of drug-likeness (QED) is 0.352. The van der Waals surface area contributed by atoms with E-state index in [2.05, 4.69) is 28.1 Å². The summed E-state index contributed by atoms with van der Waals surface area (Å²) in [5.74, 6) is 0.666. The van der Waals surface area contributed by atoms with E-state index in [0.29, 0.717) is 17.7 Å². The summed E-state index contributed by atoms with van der Waals surface area (Å²) in [4.78, 5) is 38.4. The minimum Gasteiger partial charge on any atom is -0.369 e. The Labute approximate surface area is 257 Å². The molecule has 43 heavy (non-hydrogen) atoms. The first-order chi connectivity index (χ1) is 20.6. The lowest BCUT2D eigenvalue weighted by Gasteiger charge is -2.37. The maximum atomic E-state index is 15.4. The molecule has 3 fully saturated rings. The Balaban J connectivity index is 1.31. The number of rotatable bonds is 8. The van der Waals surface area contributed by atoms with Crippen LogP contribution in [0.25, 0.3) is 0 Å². The van der Waals surface area contributed by atoms with Crippen molar-refractivity contribution in [2.24, 2.45) is 16.8 Å². The van der Waals surface area contributed by atoms with E-state index in [1.54, 1.807) is 28.8 Å². The summed E-state index contributed by atoms with van der Waals surface area (Å²) in [5, 5.41) is 3.82. The van der Waals surface area contributed by atoms with Gasteiger partial charge in [-0.15, -0.1) is 6.42 Å². The van der Waals surface area contributed by atoms with Crippen molar-refractivity contribution in [2.75, 3.05) is 66.4 Å². The Bertz CT molecular complexity index is 1280. The highest BCUT2D eigenvalue weighted by Crippen LogP contribution is 2.42. The van der Waals surface area contributed by atoms with E-state index in [-0.39, 0.29) is 42.5 Å². The number of likely N-dealkylation sites (tertiary alicyclic amines) is 1. The molecular weight excluding hydrogens is 573 g/mol. The van der Waals surface area contributed by atoms with E-state index in [0.717, 1.165) is 31.3 Å². The number of fused-ring (bicyclic) bond motifs is 1. The van der Waals surface area contributed by atoms with Crippen LogP contribution in [0.3, 0.4) is 0 Å². The average molecular weight is 616 g/mol. The van der Waals surface area contributed by atoms with Crippen LogP contribution in [0.1, 0.15) is 42.2 Å². The lowest BCUT2D eigenvalue weighted by Crippen LogP contribution is -2.58. The first kappa shape index (κ1) is 31.7. The predicted molar refractivity (Wildman–Crippen MR) is 163 cm³/mol. The minimum atomic E-state index is -1.16. The number of methoxy groups -OCH3 is 2. The molecule has 1 aromatic rings. The maximum absolute atomic E-state index is 15.4. The molecule has 0 aliphatic carbocycles. The van der Waals surface area contributed by atoms with Gasteiger partial charge in [0.05, 0.1) is 18.1 Å². The smallest absolute Gasteiger partial charge is 0.252 e. The molecule has 0 saturated carbocycles. The van der Waals surface area contributed by atoms with Crippen LogP contribution in [0.15, 0.2) is 23.2 Å². The zero-order chi connectivity index (χ0) is 30.9. The Morgan fingerprint density at radius 3 is 2.60 bits per heavy atom. The van der Waals surface area contributed by atoms with Crippen LogP contribution >= 0.6 is 11.8 Å². The zero-order valence-electron chi connectivity index (χ0n) is 25.5. The molecule has 4 heterocycles. The monoisotopic (exact) mass is 615 g/mol. The Hall–Kier alpha value is -2.69. The van der Waals surface area contributed by atoms with Gasteiger partial charge in [-0.2, -0.15) is 0 Å². The normalized spacial score (nSPS) is 27.6. The molecule has 1 unspecified atom stereocenters. The third-order valence-electron chi connectivity index (χ3n) is 8.90. The fraction of sp³-hybridized carbons (Fsp3) is 0.645. The summed E-state index contributed by atoms with van der Waals surface area (Å²) in [5.41, 5.74) is 0.605. The number of terminal acetylenes is 1. The number of nitrogens with one attached hydrogen (secondary N) is 1. The van der Waals surface area contributed by atoms with Gasteiger partial charge in [0.2, 0.25) is 11.7 Å². The van der Waals surface area contributed by atoms with Crippen molar-refractivity contribution >= 4 is 28.7 Å². The van der Waals surface area contributed by atoms with Gasteiger partial charge in [0, 0.05) is 63.8 Å². The number of hydrogen-bond donors (Lipinski definition) is 1. The number of piperazine rings is 1. The van der Waals surface area contributed by atoms with E-state index >= 15 is 4.39 Å². The summed E-state index contributed by atoms with van der Waals surface area (Å²) in [6.07, 6.45) is 5.73. The van der Waals surface area contributed by atoms with Gasteiger partial charge in [-0.1, -0.05) is 37.6 Å². The minimum absolute atomic E-state index is 0.0943. The standard InChI is InChI=1S/C31H42FN5O5S/c1-7-20-16-37(27-26(20)42-18-31(27,40-5)41-6)29(39)24(14-19(2)3)33-28(38)21-8-9-22(23(32)15-21)25-17-43-30(34-25)36-12-10-35(4)11-13-36/h1,8-9,15,19-20,24-27H,10-14,16-18H2,2-6H3,(H,33,38)/t20-,24+,25?,26-,27+/m1/s1. The molecule has 4 aliphatic heterocycles. The molecular formula is C31H42FN5O5S. The number of hydrogen-bond acceptors (Lipinski definition) is 9. The number of aliphatic imine (C=N–C) groups is 1. The summed E-state index contributed by atoms with van der Waals surface area (Å²) < 4.78 is 32.8. The van der Waals surface area contributed by atoms with E-state index in [9.17, 15) is 9.59 Å². The number of carbonyl (C=O) groups is 2. The van der Waals surface area contributed by atoms with E-state index < -0.39 is 35.7 Å². The summed E-state index contributed by atoms with van der Waals surface area (Å²) in [7, 11) is 5.12. The van der Waals surface area contributed by atoms with E-state index in [4.69, 9.17) is 25.6 Å². The van der Waals surface area contributed by atoms with Gasteiger partial charge in [-0.05, 0) is 31.5 Å². The highest BCUT2D eigenvalue weighted by Gasteiger charge is 2.61. The topological polar surface area (TPSA) is 95.9 Å². The van der Waals surface area contributed by atoms with Crippen molar-refractivity contribution in [2.45, 2.75) is 50.3 Å². The van der Waals surface area contributed by atoms with Crippen LogP contribution in [-0.4, -0.2) is 122 Å². The molecule has 234 valence electrons. The lowest BCUT2D eigenvalue weighted by molar-refractivity contribution is -0.227. The molecule has 10 nitrogen and oxygen atoms in total. The lowest BCUT2D eigenvalue weighted by atomic mass is 9.98. The van der Waals surface area contributed by atoms with Crippen molar-refractivity contribution in [1.29, 1.82) is 0 Å². The molecule has 0 spiro atoms. The summed E-state index contributed by atoms with van der Waals surface area (Å²) in [6.45, 7) is 8.08. The number of benzene rings is 1. The zero-order valence-corrected chi connectivity index (χ0v) is 26.4. The summed E-state index contributed by atoms with van der Waals surface area (Å²) >= 11 is 1.64. The average Bonchev–Trinajstić information content (AvgIpc) is 3.72. The summed E-state index contributed by atoms with van der Waals surface area (Å²) in [6, 6.07) is 2.73. The first-order valence-electron chi connectivity index (χ1n) is 14.8.